The molecule has 2 N–H and O–H groups in total. The fourth-order valence-corrected chi connectivity index (χ4v) is 3.82. The maximum atomic E-state index is 13.4. The number of nitrogens with zero attached hydrogens (tertiary/aromatic N) is 1. The molecule has 3 aromatic rings. The molecule has 0 spiro atoms. The molecular formula is C24H22N2O4. The molecule has 0 aromatic heterocycles. The lowest BCUT2D eigenvalue weighted by atomic mass is 9.87. The van der Waals surface area contributed by atoms with Crippen LogP contribution in [-0.4, -0.2) is 30.6 Å². The molecule has 0 unspecified atom stereocenters. The van der Waals surface area contributed by atoms with Crippen molar-refractivity contribution in [2.75, 3.05) is 23.9 Å². The van der Waals surface area contributed by atoms with Gasteiger partial charge in [0.2, 0.25) is 5.91 Å². The SMILES string of the molecule is COc1ccccc1NC(=O)CN1C(=O)[C@@](O)(c2cccc(C)c2)c2ccccc21. The Hall–Kier alpha value is -3.64. The highest BCUT2D eigenvalue weighted by Crippen LogP contribution is 2.44. The standard InChI is InChI=1S/C24H22N2O4/c1-16-8-7-9-17(14-16)24(29)18-10-3-5-12-20(18)26(23(24)28)15-22(27)25-19-11-4-6-13-21(19)30-2/h3-14,29H,15H2,1-2H3,(H,25,27)/t24-/m1/s1. The number of rotatable bonds is 5. The van der Waals surface area contributed by atoms with Crippen molar-refractivity contribution in [3.8, 4) is 5.75 Å². The zero-order chi connectivity index (χ0) is 21.3. The van der Waals surface area contributed by atoms with Gasteiger partial charge in [0.05, 0.1) is 18.5 Å². The average Bonchev–Trinajstić information content (AvgIpc) is 2.97. The zero-order valence-electron chi connectivity index (χ0n) is 16.8. The Kier molecular flexibility index (Phi) is 5.01. The first kappa shape index (κ1) is 19.7. The summed E-state index contributed by atoms with van der Waals surface area (Å²) in [5.41, 5.74) is 1.06. The van der Waals surface area contributed by atoms with E-state index in [1.807, 2.05) is 13.0 Å². The second-order valence-corrected chi connectivity index (χ2v) is 7.24. The van der Waals surface area contributed by atoms with Crippen LogP contribution in [0, 0.1) is 6.92 Å². The van der Waals surface area contributed by atoms with Gasteiger partial charge >= 0.3 is 0 Å². The number of carbonyl (C=O) groups is 2. The number of nitrogens with one attached hydrogen (secondary N) is 1. The van der Waals surface area contributed by atoms with Crippen LogP contribution in [-0.2, 0) is 15.2 Å². The topological polar surface area (TPSA) is 78.9 Å². The van der Waals surface area contributed by atoms with Crippen molar-refractivity contribution < 1.29 is 19.4 Å². The quantitative estimate of drug-likeness (QED) is 0.687. The number of hydrogen-bond donors (Lipinski definition) is 2. The molecule has 4 rings (SSSR count). The highest BCUT2D eigenvalue weighted by molar-refractivity contribution is 6.12. The Morgan fingerprint density at radius 1 is 1.07 bits per heavy atom. The van der Waals surface area contributed by atoms with Gasteiger partial charge in [-0.2, -0.15) is 0 Å². The number of ether oxygens (including phenoxy) is 1. The predicted octanol–water partition coefficient (Wildman–Crippen LogP) is 3.22. The molecule has 1 heterocycles. The third-order valence-corrected chi connectivity index (χ3v) is 5.26. The Morgan fingerprint density at radius 2 is 1.80 bits per heavy atom. The van der Waals surface area contributed by atoms with Crippen LogP contribution >= 0.6 is 0 Å². The zero-order valence-corrected chi connectivity index (χ0v) is 16.8. The Morgan fingerprint density at radius 3 is 2.57 bits per heavy atom. The van der Waals surface area contributed by atoms with Crippen molar-refractivity contribution >= 4 is 23.2 Å². The highest BCUT2D eigenvalue weighted by atomic mass is 16.5. The summed E-state index contributed by atoms with van der Waals surface area (Å²) in [5, 5.41) is 14.3. The summed E-state index contributed by atoms with van der Waals surface area (Å²) in [6.07, 6.45) is 0. The summed E-state index contributed by atoms with van der Waals surface area (Å²) in [5.74, 6) is -0.420. The third kappa shape index (κ3) is 3.21. The van der Waals surface area contributed by atoms with Gasteiger partial charge in [0, 0.05) is 5.56 Å². The molecule has 2 amide bonds. The van der Waals surface area contributed by atoms with Crippen molar-refractivity contribution in [1.82, 2.24) is 0 Å². The van der Waals surface area contributed by atoms with E-state index in [0.29, 0.717) is 28.3 Å². The van der Waals surface area contributed by atoms with Crippen molar-refractivity contribution in [1.29, 1.82) is 0 Å². The summed E-state index contributed by atoms with van der Waals surface area (Å²) in [7, 11) is 1.52. The number of methoxy groups -OCH3 is 1. The fraction of sp³-hybridized carbons (Fsp3) is 0.167. The van der Waals surface area contributed by atoms with Gasteiger partial charge in [0.1, 0.15) is 12.3 Å². The summed E-state index contributed by atoms with van der Waals surface area (Å²) in [4.78, 5) is 27.5. The number of amides is 2. The minimum absolute atomic E-state index is 0.234. The van der Waals surface area contributed by atoms with Crippen molar-refractivity contribution in [2.45, 2.75) is 12.5 Å². The maximum Gasteiger partial charge on any atom is 0.268 e. The van der Waals surface area contributed by atoms with Gasteiger partial charge in [-0.3, -0.25) is 14.5 Å². The van der Waals surface area contributed by atoms with Crippen molar-refractivity contribution in [3.63, 3.8) is 0 Å². The number of aryl methyl sites for hydroxylation is 1. The van der Waals surface area contributed by atoms with Crippen molar-refractivity contribution in [3.05, 3.63) is 89.5 Å². The summed E-state index contributed by atoms with van der Waals surface area (Å²) in [6, 6.07) is 21.2. The lowest BCUT2D eigenvalue weighted by Crippen LogP contribution is -2.44. The lowest BCUT2D eigenvalue weighted by Gasteiger charge is -2.24. The summed E-state index contributed by atoms with van der Waals surface area (Å²) in [6.45, 7) is 1.67. The number of para-hydroxylation sites is 3. The van der Waals surface area contributed by atoms with E-state index < -0.39 is 17.4 Å². The van der Waals surface area contributed by atoms with E-state index >= 15 is 0 Å². The first-order valence-electron chi connectivity index (χ1n) is 9.59. The fourth-order valence-electron chi connectivity index (χ4n) is 3.82. The van der Waals surface area contributed by atoms with Gasteiger partial charge < -0.3 is 15.2 Å². The monoisotopic (exact) mass is 402 g/mol. The van der Waals surface area contributed by atoms with E-state index in [-0.39, 0.29) is 6.54 Å². The number of carbonyl (C=O) groups excluding carboxylic acids is 2. The van der Waals surface area contributed by atoms with Crippen LogP contribution in [0.5, 0.6) is 5.75 Å². The van der Waals surface area contributed by atoms with Crippen LogP contribution in [0.15, 0.2) is 72.8 Å². The van der Waals surface area contributed by atoms with Crippen LogP contribution in [0.3, 0.4) is 0 Å². The minimum Gasteiger partial charge on any atom is -0.495 e. The molecule has 0 bridgehead atoms. The normalized spacial score (nSPS) is 17.6. The number of aliphatic hydroxyl groups is 1. The van der Waals surface area contributed by atoms with Gasteiger partial charge in [0.25, 0.3) is 5.91 Å². The molecule has 3 aromatic carbocycles. The number of fused-ring (bicyclic) bond motifs is 1. The molecule has 1 atom stereocenters. The van der Waals surface area contributed by atoms with E-state index in [9.17, 15) is 14.7 Å². The molecule has 0 aliphatic carbocycles. The summed E-state index contributed by atoms with van der Waals surface area (Å²) < 4.78 is 5.26. The third-order valence-electron chi connectivity index (χ3n) is 5.26. The van der Waals surface area contributed by atoms with Gasteiger partial charge in [-0.15, -0.1) is 0 Å². The van der Waals surface area contributed by atoms with Crippen LogP contribution in [0.2, 0.25) is 0 Å². The first-order chi connectivity index (χ1) is 14.4. The second kappa shape index (κ2) is 7.65. The minimum atomic E-state index is -1.84. The molecule has 0 radical (unpaired) electrons. The average molecular weight is 402 g/mol. The second-order valence-electron chi connectivity index (χ2n) is 7.24. The van der Waals surface area contributed by atoms with Crippen molar-refractivity contribution in [2.24, 2.45) is 0 Å². The first-order valence-corrected chi connectivity index (χ1v) is 9.59. The van der Waals surface area contributed by atoms with Gasteiger partial charge in [-0.05, 0) is 30.7 Å². The van der Waals surface area contributed by atoms with E-state index in [1.165, 1.54) is 12.0 Å². The highest BCUT2D eigenvalue weighted by Gasteiger charge is 2.51. The maximum absolute atomic E-state index is 13.4. The number of benzene rings is 3. The number of hydrogen-bond acceptors (Lipinski definition) is 4. The Balaban J connectivity index is 1.66. The molecule has 6 heteroatoms. The molecule has 0 saturated carbocycles. The molecule has 6 nitrogen and oxygen atoms in total. The molecule has 0 fully saturated rings. The van der Waals surface area contributed by atoms with E-state index in [4.69, 9.17) is 4.74 Å². The largest absolute Gasteiger partial charge is 0.495 e. The number of anilines is 2. The molecular weight excluding hydrogens is 380 g/mol. The van der Waals surface area contributed by atoms with Crippen LogP contribution in [0.25, 0.3) is 0 Å². The summed E-state index contributed by atoms with van der Waals surface area (Å²) >= 11 is 0. The smallest absolute Gasteiger partial charge is 0.268 e. The van der Waals surface area contributed by atoms with Gasteiger partial charge in [0.15, 0.2) is 5.60 Å². The predicted molar refractivity (Wildman–Crippen MR) is 115 cm³/mol. The van der Waals surface area contributed by atoms with E-state index in [1.54, 1.807) is 66.7 Å². The Bertz CT molecular complexity index is 1130. The Labute approximate surface area is 174 Å². The van der Waals surface area contributed by atoms with Crippen LogP contribution in [0.1, 0.15) is 16.7 Å². The van der Waals surface area contributed by atoms with E-state index in [2.05, 4.69) is 5.32 Å². The molecule has 1 aliphatic heterocycles. The van der Waals surface area contributed by atoms with E-state index in [0.717, 1.165) is 5.56 Å². The van der Waals surface area contributed by atoms with Gasteiger partial charge in [-0.1, -0.05) is 60.2 Å². The molecule has 152 valence electrons. The molecule has 30 heavy (non-hydrogen) atoms. The van der Waals surface area contributed by atoms with Crippen LogP contribution in [0.4, 0.5) is 11.4 Å². The lowest BCUT2D eigenvalue weighted by molar-refractivity contribution is -0.133. The molecule has 0 saturated heterocycles. The van der Waals surface area contributed by atoms with Gasteiger partial charge in [-0.25, -0.2) is 0 Å². The van der Waals surface area contributed by atoms with Crippen LogP contribution < -0.4 is 15.0 Å². The molecule has 1 aliphatic rings.